The Morgan fingerprint density at radius 1 is 1.33 bits per heavy atom. The second kappa shape index (κ2) is 3.47. The first-order valence-electron chi connectivity index (χ1n) is 3.42. The van der Waals surface area contributed by atoms with Crippen LogP contribution in [-0.4, -0.2) is 22.5 Å². The Hall–Kier alpha value is -1.20. The predicted octanol–water partition coefficient (Wildman–Crippen LogP) is 0.0489. The number of aryl methyl sites for hydroxylation is 1. The molecule has 0 bridgehead atoms. The zero-order valence-corrected chi connectivity index (χ0v) is 6.56. The second-order valence-corrected chi connectivity index (χ2v) is 2.42. The van der Waals surface area contributed by atoms with E-state index in [9.17, 15) is 5.11 Å². The van der Waals surface area contributed by atoms with Gasteiger partial charge in [0.15, 0.2) is 5.75 Å². The summed E-state index contributed by atoms with van der Waals surface area (Å²) in [7, 11) is -1.90. The van der Waals surface area contributed by atoms with Crippen molar-refractivity contribution in [3.63, 3.8) is 0 Å². The van der Waals surface area contributed by atoms with Gasteiger partial charge in [0.05, 0.1) is 0 Å². The van der Waals surface area contributed by atoms with Gasteiger partial charge in [-0.15, -0.1) is 0 Å². The molecule has 0 spiro atoms. The fraction of sp³-hybridized carbons (Fsp3) is 0.143. The Bertz CT molecular complexity index is 274. The van der Waals surface area contributed by atoms with E-state index >= 15 is 0 Å². The normalized spacial score (nSPS) is 9.58. The van der Waals surface area contributed by atoms with Crippen LogP contribution >= 0.6 is 0 Å². The minimum atomic E-state index is -1.90. The van der Waals surface area contributed by atoms with Crippen LogP contribution in [0, 0.1) is 6.92 Å². The van der Waals surface area contributed by atoms with Crippen molar-refractivity contribution in [2.45, 2.75) is 6.92 Å². The van der Waals surface area contributed by atoms with E-state index in [2.05, 4.69) is 4.65 Å². The van der Waals surface area contributed by atoms with E-state index in [1.54, 1.807) is 13.0 Å². The van der Waals surface area contributed by atoms with Gasteiger partial charge in [-0.3, -0.25) is 0 Å². The Morgan fingerprint density at radius 2 is 2.00 bits per heavy atom. The standard InChI is InChI=1S/C7H9BO4/c1-5-2-3-7(6(9)4-5)12-8(10)11/h2-4,9-11H,1H3. The van der Waals surface area contributed by atoms with Gasteiger partial charge in [0.25, 0.3) is 0 Å². The molecule has 1 rings (SSSR count). The molecule has 0 fully saturated rings. The van der Waals surface area contributed by atoms with E-state index in [0.717, 1.165) is 5.56 Å². The monoisotopic (exact) mass is 168 g/mol. The molecule has 0 aliphatic heterocycles. The molecule has 1 aromatic rings. The van der Waals surface area contributed by atoms with Gasteiger partial charge in [0.2, 0.25) is 0 Å². The highest BCUT2D eigenvalue weighted by Gasteiger charge is 2.13. The van der Waals surface area contributed by atoms with Crippen LogP contribution < -0.4 is 4.65 Å². The molecule has 1 aromatic carbocycles. The first-order chi connectivity index (χ1) is 5.59. The molecule has 5 heteroatoms. The van der Waals surface area contributed by atoms with Crippen LogP contribution in [0.25, 0.3) is 0 Å². The first-order valence-corrected chi connectivity index (χ1v) is 3.42. The van der Waals surface area contributed by atoms with E-state index in [1.165, 1.54) is 12.1 Å². The van der Waals surface area contributed by atoms with Crippen molar-refractivity contribution in [3.05, 3.63) is 23.8 Å². The van der Waals surface area contributed by atoms with Gasteiger partial charge in [-0.25, -0.2) is 0 Å². The van der Waals surface area contributed by atoms with Crippen molar-refractivity contribution >= 4 is 7.32 Å². The fourth-order valence-electron chi connectivity index (χ4n) is 0.841. The lowest BCUT2D eigenvalue weighted by atomic mass is 10.2. The van der Waals surface area contributed by atoms with E-state index < -0.39 is 7.32 Å². The maximum atomic E-state index is 9.19. The molecule has 0 aliphatic rings. The zero-order chi connectivity index (χ0) is 9.14. The number of hydrogen-bond donors (Lipinski definition) is 3. The van der Waals surface area contributed by atoms with Crippen molar-refractivity contribution in [2.75, 3.05) is 0 Å². The van der Waals surface area contributed by atoms with Crippen LogP contribution in [0.2, 0.25) is 0 Å². The molecule has 0 amide bonds. The summed E-state index contributed by atoms with van der Waals surface area (Å²) < 4.78 is 4.46. The molecule has 3 N–H and O–H groups in total. The van der Waals surface area contributed by atoms with E-state index in [0.29, 0.717) is 0 Å². The van der Waals surface area contributed by atoms with Crippen molar-refractivity contribution in [2.24, 2.45) is 0 Å². The first kappa shape index (κ1) is 8.90. The van der Waals surface area contributed by atoms with E-state index in [-0.39, 0.29) is 11.5 Å². The van der Waals surface area contributed by atoms with Crippen LogP contribution in [-0.2, 0) is 0 Å². The summed E-state index contributed by atoms with van der Waals surface area (Å²) in [6.45, 7) is 1.80. The largest absolute Gasteiger partial charge is 0.707 e. The molecule has 0 saturated carbocycles. The third kappa shape index (κ3) is 2.15. The number of benzene rings is 1. The molecule has 0 unspecified atom stereocenters. The molecule has 0 radical (unpaired) electrons. The summed E-state index contributed by atoms with van der Waals surface area (Å²) in [4.78, 5) is 0. The lowest BCUT2D eigenvalue weighted by molar-refractivity contribution is 0.281. The molecule has 0 aliphatic carbocycles. The Kier molecular flexibility index (Phi) is 2.57. The highest BCUT2D eigenvalue weighted by molar-refractivity contribution is 6.33. The topological polar surface area (TPSA) is 69.9 Å². The molecule has 0 heterocycles. The third-order valence-corrected chi connectivity index (χ3v) is 1.35. The summed E-state index contributed by atoms with van der Waals surface area (Å²) in [6, 6.07) is 4.62. The van der Waals surface area contributed by atoms with Crippen LogP contribution in [0.1, 0.15) is 5.56 Å². The van der Waals surface area contributed by atoms with Gasteiger partial charge in [-0.2, -0.15) is 0 Å². The molecule has 0 saturated heterocycles. The van der Waals surface area contributed by atoms with Gasteiger partial charge >= 0.3 is 7.32 Å². The van der Waals surface area contributed by atoms with Gasteiger partial charge in [0.1, 0.15) is 5.75 Å². The van der Waals surface area contributed by atoms with Crippen molar-refractivity contribution < 1.29 is 19.8 Å². The number of rotatable bonds is 2. The number of phenolic OH excluding ortho intramolecular Hbond substituents is 1. The molecule has 12 heavy (non-hydrogen) atoms. The summed E-state index contributed by atoms with van der Waals surface area (Å²) >= 11 is 0. The summed E-state index contributed by atoms with van der Waals surface area (Å²) in [5.74, 6) is -0.0568. The SMILES string of the molecule is Cc1ccc(OB(O)O)c(O)c1. The minimum Gasteiger partial charge on any atom is -0.509 e. The molecular formula is C7H9BO4. The third-order valence-electron chi connectivity index (χ3n) is 1.35. The minimum absolute atomic E-state index is 0.0515. The molecule has 0 atom stereocenters. The zero-order valence-electron chi connectivity index (χ0n) is 6.56. The van der Waals surface area contributed by atoms with Crippen molar-refractivity contribution in [1.29, 1.82) is 0 Å². The molecular weight excluding hydrogens is 159 g/mol. The maximum absolute atomic E-state index is 9.19. The van der Waals surface area contributed by atoms with Crippen LogP contribution in [0.15, 0.2) is 18.2 Å². The Labute approximate surface area is 70.2 Å². The fourth-order valence-corrected chi connectivity index (χ4v) is 0.841. The average Bonchev–Trinajstić information content (AvgIpc) is 1.94. The maximum Gasteiger partial charge on any atom is 0.707 e. The number of hydrogen-bond acceptors (Lipinski definition) is 4. The van der Waals surface area contributed by atoms with E-state index in [4.69, 9.17) is 10.0 Å². The lowest BCUT2D eigenvalue weighted by Gasteiger charge is -2.06. The quantitative estimate of drug-likeness (QED) is 0.545. The van der Waals surface area contributed by atoms with Gasteiger partial charge in [-0.05, 0) is 24.6 Å². The van der Waals surface area contributed by atoms with E-state index in [1.807, 2.05) is 0 Å². The van der Waals surface area contributed by atoms with Crippen molar-refractivity contribution in [3.8, 4) is 11.5 Å². The van der Waals surface area contributed by atoms with Gasteiger partial charge < -0.3 is 19.8 Å². The van der Waals surface area contributed by atoms with Gasteiger partial charge in [0, 0.05) is 0 Å². The summed E-state index contributed by atoms with van der Waals surface area (Å²) in [5.41, 5.74) is 0.868. The lowest BCUT2D eigenvalue weighted by Crippen LogP contribution is -2.20. The summed E-state index contributed by atoms with van der Waals surface area (Å²) in [6.07, 6.45) is 0. The highest BCUT2D eigenvalue weighted by atomic mass is 16.6. The Balaban J connectivity index is 2.86. The molecule has 4 nitrogen and oxygen atoms in total. The molecule has 0 aromatic heterocycles. The number of aromatic hydroxyl groups is 1. The van der Waals surface area contributed by atoms with Crippen LogP contribution in [0.3, 0.4) is 0 Å². The Morgan fingerprint density at radius 3 is 2.50 bits per heavy atom. The average molecular weight is 168 g/mol. The summed E-state index contributed by atoms with van der Waals surface area (Å²) in [5, 5.41) is 26.0. The second-order valence-electron chi connectivity index (χ2n) is 2.42. The predicted molar refractivity (Wildman–Crippen MR) is 43.7 cm³/mol. The van der Waals surface area contributed by atoms with Gasteiger partial charge in [-0.1, -0.05) is 6.07 Å². The number of phenols is 1. The molecule has 64 valence electrons. The highest BCUT2D eigenvalue weighted by Crippen LogP contribution is 2.26. The van der Waals surface area contributed by atoms with Crippen LogP contribution in [0.4, 0.5) is 0 Å². The van der Waals surface area contributed by atoms with Crippen LogP contribution in [0.5, 0.6) is 11.5 Å². The van der Waals surface area contributed by atoms with Crippen molar-refractivity contribution in [1.82, 2.24) is 0 Å². The smallest absolute Gasteiger partial charge is 0.509 e.